The molecule has 3 aliphatic rings. The third-order valence-electron chi connectivity index (χ3n) is 6.00. The summed E-state index contributed by atoms with van der Waals surface area (Å²) in [6.45, 7) is 1.58. The van der Waals surface area contributed by atoms with Crippen LogP contribution >= 0.6 is 0 Å². The van der Waals surface area contributed by atoms with Crippen LogP contribution in [0.25, 0.3) is 11.2 Å². The molecule has 3 fully saturated rings. The van der Waals surface area contributed by atoms with Crippen LogP contribution in [-0.2, 0) is 23.7 Å². The molecule has 3 aliphatic heterocycles. The quantitative estimate of drug-likeness (QED) is 0.679. The van der Waals surface area contributed by atoms with Crippen molar-refractivity contribution in [1.82, 2.24) is 19.5 Å². The van der Waals surface area contributed by atoms with E-state index >= 15 is 0 Å². The number of fused-ring (bicyclic) bond motifs is 1. The van der Waals surface area contributed by atoms with Crippen molar-refractivity contribution < 1.29 is 28.8 Å². The van der Waals surface area contributed by atoms with Gasteiger partial charge in [0.15, 0.2) is 30.3 Å². The third-order valence-corrected chi connectivity index (χ3v) is 6.00. The smallest absolute Gasteiger partial charge is 0.167 e. The molecule has 0 bridgehead atoms. The Morgan fingerprint density at radius 1 is 1.06 bits per heavy atom. The van der Waals surface area contributed by atoms with Crippen molar-refractivity contribution in [3.05, 3.63) is 12.7 Å². The Kier molecular flexibility index (Phi) is 6.30. The number of hydrogen-bond donors (Lipinski definition) is 2. The molecule has 11 nitrogen and oxygen atoms in total. The van der Waals surface area contributed by atoms with Gasteiger partial charge >= 0.3 is 0 Å². The zero-order chi connectivity index (χ0) is 21.2. The van der Waals surface area contributed by atoms with Crippen LogP contribution in [0.5, 0.6) is 0 Å². The number of aliphatic hydroxyl groups is 1. The maximum absolute atomic E-state index is 11.2. The molecule has 6 atom stereocenters. The Balaban J connectivity index is 1.35. The number of rotatable bonds is 6. The number of hydrogen-bond acceptors (Lipinski definition) is 10. The molecule has 3 N–H and O–H groups in total. The molecular formula is C20H29N5O6. The number of nitrogens with two attached hydrogens (primary N) is 1. The van der Waals surface area contributed by atoms with Crippen LogP contribution in [0.1, 0.15) is 44.8 Å². The molecule has 2 aromatic heterocycles. The van der Waals surface area contributed by atoms with E-state index in [-0.39, 0.29) is 25.0 Å². The number of aromatic nitrogens is 4. The normalized spacial score (nSPS) is 34.4. The molecule has 0 aliphatic carbocycles. The van der Waals surface area contributed by atoms with Crippen LogP contribution < -0.4 is 5.73 Å². The van der Waals surface area contributed by atoms with Crippen molar-refractivity contribution >= 4 is 17.0 Å². The molecule has 0 spiro atoms. The van der Waals surface area contributed by atoms with Gasteiger partial charge in [0.2, 0.25) is 0 Å². The van der Waals surface area contributed by atoms with Crippen LogP contribution in [0.15, 0.2) is 12.7 Å². The first-order valence-corrected chi connectivity index (χ1v) is 11.0. The standard InChI is InChI=1S/C20H29N5O6/c21-18-15-19(23-10-22-18)25(11-24-15)20-16(26)17(31-14-6-2-4-8-28-14)12(30-20)9-29-13-5-1-3-7-27-13/h10-14,16-17,20,26H,1-9H2,(H2,21,22,23)/t12-,13?,14?,16+,17-,20-/m1/s1. The second-order valence-electron chi connectivity index (χ2n) is 8.16. The van der Waals surface area contributed by atoms with Crippen LogP contribution in [0.3, 0.4) is 0 Å². The van der Waals surface area contributed by atoms with Crippen LogP contribution in [0, 0.1) is 0 Å². The summed E-state index contributed by atoms with van der Waals surface area (Å²) in [5.74, 6) is 0.272. The van der Waals surface area contributed by atoms with Crippen LogP contribution in [0.4, 0.5) is 5.82 Å². The fraction of sp³-hybridized carbons (Fsp3) is 0.750. The van der Waals surface area contributed by atoms with Gasteiger partial charge in [0.05, 0.1) is 12.9 Å². The zero-order valence-corrected chi connectivity index (χ0v) is 17.3. The van der Waals surface area contributed by atoms with E-state index in [2.05, 4.69) is 15.0 Å². The summed E-state index contributed by atoms with van der Waals surface area (Å²) < 4.78 is 31.4. The summed E-state index contributed by atoms with van der Waals surface area (Å²) in [5.41, 5.74) is 6.85. The Labute approximate surface area is 179 Å². The highest BCUT2D eigenvalue weighted by Gasteiger charge is 2.47. The minimum atomic E-state index is -0.972. The Morgan fingerprint density at radius 2 is 1.84 bits per heavy atom. The Bertz CT molecular complexity index is 869. The molecule has 0 aromatic carbocycles. The maximum Gasteiger partial charge on any atom is 0.167 e. The highest BCUT2D eigenvalue weighted by molar-refractivity contribution is 5.81. The van der Waals surface area contributed by atoms with Crippen LogP contribution in [0.2, 0.25) is 0 Å². The van der Waals surface area contributed by atoms with Crippen molar-refractivity contribution in [3.63, 3.8) is 0 Å². The van der Waals surface area contributed by atoms with Crippen molar-refractivity contribution in [2.45, 2.75) is 75.6 Å². The summed E-state index contributed by atoms with van der Waals surface area (Å²) in [4.78, 5) is 12.5. The third kappa shape index (κ3) is 4.38. The van der Waals surface area contributed by atoms with E-state index in [1.807, 2.05) is 0 Å². The molecule has 0 saturated carbocycles. The summed E-state index contributed by atoms with van der Waals surface area (Å²) in [7, 11) is 0. The molecule has 0 radical (unpaired) electrons. The fourth-order valence-electron chi connectivity index (χ4n) is 4.35. The number of ether oxygens (including phenoxy) is 5. The van der Waals surface area contributed by atoms with Gasteiger partial charge in [0, 0.05) is 13.2 Å². The average Bonchev–Trinajstić information content (AvgIpc) is 3.36. The van der Waals surface area contributed by atoms with Gasteiger partial charge in [-0.2, -0.15) is 0 Å². The topological polar surface area (TPSA) is 136 Å². The van der Waals surface area contributed by atoms with Gasteiger partial charge in [-0.25, -0.2) is 15.0 Å². The van der Waals surface area contributed by atoms with Crippen molar-refractivity contribution in [2.75, 3.05) is 25.6 Å². The largest absolute Gasteiger partial charge is 0.386 e. The molecule has 11 heteroatoms. The molecule has 5 rings (SSSR count). The average molecular weight is 435 g/mol. The molecule has 2 aromatic rings. The van der Waals surface area contributed by atoms with E-state index in [4.69, 9.17) is 29.4 Å². The first-order valence-electron chi connectivity index (χ1n) is 11.0. The Morgan fingerprint density at radius 3 is 2.58 bits per heavy atom. The maximum atomic E-state index is 11.2. The molecular weight excluding hydrogens is 406 g/mol. The van der Waals surface area contributed by atoms with Gasteiger partial charge in [-0.3, -0.25) is 4.57 Å². The lowest BCUT2D eigenvalue weighted by Crippen LogP contribution is -2.41. The van der Waals surface area contributed by atoms with Crippen LogP contribution in [-0.4, -0.2) is 75.3 Å². The summed E-state index contributed by atoms with van der Waals surface area (Å²) in [6, 6.07) is 0. The van der Waals surface area contributed by atoms with Gasteiger partial charge in [-0.15, -0.1) is 0 Å². The lowest BCUT2D eigenvalue weighted by Gasteiger charge is -2.30. The number of aliphatic hydroxyl groups excluding tert-OH is 1. The van der Waals surface area contributed by atoms with Gasteiger partial charge in [-0.05, 0) is 38.5 Å². The summed E-state index contributed by atoms with van der Waals surface area (Å²) >= 11 is 0. The van der Waals surface area contributed by atoms with Crippen molar-refractivity contribution in [1.29, 1.82) is 0 Å². The first kappa shape index (κ1) is 21.0. The number of anilines is 1. The second kappa shape index (κ2) is 9.31. The van der Waals surface area contributed by atoms with Gasteiger partial charge in [0.25, 0.3) is 0 Å². The predicted molar refractivity (Wildman–Crippen MR) is 108 cm³/mol. The monoisotopic (exact) mass is 435 g/mol. The first-order chi connectivity index (χ1) is 15.2. The summed E-state index contributed by atoms with van der Waals surface area (Å²) in [6.07, 6.45) is 5.19. The van der Waals surface area contributed by atoms with E-state index in [9.17, 15) is 5.11 Å². The minimum absolute atomic E-state index is 0.235. The molecule has 31 heavy (non-hydrogen) atoms. The van der Waals surface area contributed by atoms with Gasteiger partial charge in [-0.1, -0.05) is 0 Å². The predicted octanol–water partition coefficient (Wildman–Crippen LogP) is 1.12. The minimum Gasteiger partial charge on any atom is -0.386 e. The Hall–Kier alpha value is -1.89. The van der Waals surface area contributed by atoms with Crippen molar-refractivity contribution in [3.8, 4) is 0 Å². The van der Waals surface area contributed by atoms with E-state index in [1.54, 1.807) is 10.9 Å². The highest BCUT2D eigenvalue weighted by Crippen LogP contribution is 2.35. The lowest BCUT2D eigenvalue weighted by molar-refractivity contribution is -0.223. The van der Waals surface area contributed by atoms with E-state index in [0.717, 1.165) is 38.5 Å². The highest BCUT2D eigenvalue weighted by atomic mass is 16.7. The summed E-state index contributed by atoms with van der Waals surface area (Å²) in [5, 5.41) is 11.2. The number of nitrogens with zero attached hydrogens (tertiary/aromatic N) is 4. The molecule has 170 valence electrons. The fourth-order valence-corrected chi connectivity index (χ4v) is 4.35. The number of imidazole rings is 1. The van der Waals surface area contributed by atoms with E-state index in [0.29, 0.717) is 24.4 Å². The van der Waals surface area contributed by atoms with E-state index < -0.39 is 24.5 Å². The van der Waals surface area contributed by atoms with E-state index in [1.165, 1.54) is 6.33 Å². The van der Waals surface area contributed by atoms with Gasteiger partial charge in [0.1, 0.15) is 30.2 Å². The molecule has 5 heterocycles. The zero-order valence-electron chi connectivity index (χ0n) is 17.3. The molecule has 3 saturated heterocycles. The molecule has 0 amide bonds. The molecule has 2 unspecified atom stereocenters. The number of nitrogen functional groups attached to an aromatic ring is 1. The van der Waals surface area contributed by atoms with Gasteiger partial charge < -0.3 is 34.5 Å². The second-order valence-corrected chi connectivity index (χ2v) is 8.16. The van der Waals surface area contributed by atoms with Crippen molar-refractivity contribution in [2.24, 2.45) is 0 Å². The SMILES string of the molecule is Nc1ncnc2c1ncn2[C@@H]1O[C@H](COC2CCCCO2)[C@@H](OC2CCCCO2)[C@@H]1O. The lowest BCUT2D eigenvalue weighted by atomic mass is 10.1.